The van der Waals surface area contributed by atoms with Crippen LogP contribution in [0.15, 0.2) is 35.7 Å². The van der Waals surface area contributed by atoms with Gasteiger partial charge in [0.1, 0.15) is 0 Å². The highest BCUT2D eigenvalue weighted by atomic mass is 32.2. The van der Waals surface area contributed by atoms with Gasteiger partial charge in [0.15, 0.2) is 0 Å². The Morgan fingerprint density at radius 3 is 2.35 bits per heavy atom. The molecule has 0 saturated carbocycles. The van der Waals surface area contributed by atoms with E-state index in [1.54, 1.807) is 18.2 Å². The van der Waals surface area contributed by atoms with Crippen LogP contribution >= 0.6 is 0 Å². The molecule has 0 N–H and O–H groups in total. The maximum Gasteiger partial charge on any atom is 0.296 e. The summed E-state index contributed by atoms with van der Waals surface area (Å²) in [5.74, 6) is 0.424. The standard InChI is InChI=1S/C13H18O3S/c1-4-12-5-7-13(8-6-12)17(14,15)16-10-9-11(2)3/h4-8,11H,1,9-10H2,2-3H3. The lowest BCUT2D eigenvalue weighted by Gasteiger charge is -2.07. The van der Waals surface area contributed by atoms with Crippen molar-refractivity contribution in [2.45, 2.75) is 25.2 Å². The van der Waals surface area contributed by atoms with Crippen LogP contribution in [0.3, 0.4) is 0 Å². The molecule has 0 amide bonds. The Labute approximate surface area is 103 Å². The van der Waals surface area contributed by atoms with Crippen molar-refractivity contribution in [3.8, 4) is 0 Å². The molecule has 0 aliphatic heterocycles. The minimum Gasteiger partial charge on any atom is -0.266 e. The van der Waals surface area contributed by atoms with Crippen molar-refractivity contribution in [1.82, 2.24) is 0 Å². The molecule has 94 valence electrons. The molecule has 1 aromatic rings. The molecule has 0 aromatic heterocycles. The lowest BCUT2D eigenvalue weighted by atomic mass is 10.2. The van der Waals surface area contributed by atoms with Crippen molar-refractivity contribution >= 4 is 16.2 Å². The Kier molecular flexibility index (Phi) is 4.90. The molecule has 0 radical (unpaired) electrons. The van der Waals surface area contributed by atoms with Crippen LogP contribution in [-0.2, 0) is 14.3 Å². The second kappa shape index (κ2) is 5.98. The van der Waals surface area contributed by atoms with Gasteiger partial charge in [-0.05, 0) is 30.0 Å². The molecule has 0 saturated heterocycles. The van der Waals surface area contributed by atoms with E-state index in [-0.39, 0.29) is 11.5 Å². The molecule has 0 spiro atoms. The highest BCUT2D eigenvalue weighted by molar-refractivity contribution is 7.86. The third kappa shape index (κ3) is 4.32. The summed E-state index contributed by atoms with van der Waals surface area (Å²) in [6.45, 7) is 7.88. The topological polar surface area (TPSA) is 43.4 Å². The molecule has 3 nitrogen and oxygen atoms in total. The summed E-state index contributed by atoms with van der Waals surface area (Å²) in [4.78, 5) is 0.187. The molecule has 0 unspecified atom stereocenters. The fourth-order valence-corrected chi connectivity index (χ4v) is 2.15. The van der Waals surface area contributed by atoms with E-state index in [0.717, 1.165) is 12.0 Å². The highest BCUT2D eigenvalue weighted by Crippen LogP contribution is 2.15. The minimum atomic E-state index is -3.62. The van der Waals surface area contributed by atoms with Crippen LogP contribution in [-0.4, -0.2) is 15.0 Å². The Bertz CT molecular complexity index is 458. The summed E-state index contributed by atoms with van der Waals surface area (Å²) in [6.07, 6.45) is 2.39. The summed E-state index contributed by atoms with van der Waals surface area (Å²) in [5.41, 5.74) is 0.881. The quantitative estimate of drug-likeness (QED) is 0.733. The van der Waals surface area contributed by atoms with Crippen molar-refractivity contribution < 1.29 is 12.6 Å². The van der Waals surface area contributed by atoms with Crippen LogP contribution < -0.4 is 0 Å². The van der Waals surface area contributed by atoms with E-state index in [0.29, 0.717) is 5.92 Å². The molecule has 0 bridgehead atoms. The van der Waals surface area contributed by atoms with Gasteiger partial charge in [0, 0.05) is 0 Å². The van der Waals surface area contributed by atoms with Gasteiger partial charge in [0.2, 0.25) is 0 Å². The van der Waals surface area contributed by atoms with Crippen LogP contribution in [0.4, 0.5) is 0 Å². The fourth-order valence-electron chi connectivity index (χ4n) is 1.23. The molecular weight excluding hydrogens is 236 g/mol. The molecule has 0 atom stereocenters. The normalized spacial score (nSPS) is 11.7. The van der Waals surface area contributed by atoms with Crippen LogP contribution in [0.25, 0.3) is 6.08 Å². The van der Waals surface area contributed by atoms with E-state index in [4.69, 9.17) is 4.18 Å². The van der Waals surface area contributed by atoms with Crippen molar-refractivity contribution in [2.75, 3.05) is 6.61 Å². The predicted molar refractivity (Wildman–Crippen MR) is 69.1 cm³/mol. The van der Waals surface area contributed by atoms with Crippen LogP contribution in [0.1, 0.15) is 25.8 Å². The number of hydrogen-bond acceptors (Lipinski definition) is 3. The molecular formula is C13H18O3S. The molecule has 1 aromatic carbocycles. The van der Waals surface area contributed by atoms with Gasteiger partial charge < -0.3 is 0 Å². The zero-order valence-corrected chi connectivity index (χ0v) is 11.0. The van der Waals surface area contributed by atoms with Crippen LogP contribution in [0.5, 0.6) is 0 Å². The number of hydrogen-bond donors (Lipinski definition) is 0. The van der Waals surface area contributed by atoms with Crippen LogP contribution in [0, 0.1) is 5.92 Å². The van der Waals surface area contributed by atoms with E-state index < -0.39 is 10.1 Å². The first-order valence-electron chi connectivity index (χ1n) is 5.57. The summed E-state index contributed by atoms with van der Waals surface area (Å²) < 4.78 is 28.5. The summed E-state index contributed by atoms with van der Waals surface area (Å²) in [6, 6.07) is 6.46. The first kappa shape index (κ1) is 13.9. The van der Waals surface area contributed by atoms with Crippen molar-refractivity contribution in [2.24, 2.45) is 5.92 Å². The predicted octanol–water partition coefficient (Wildman–Crippen LogP) is 3.08. The minimum absolute atomic E-state index is 0.187. The smallest absolute Gasteiger partial charge is 0.266 e. The lowest BCUT2D eigenvalue weighted by Crippen LogP contribution is -2.09. The Balaban J connectivity index is 2.72. The van der Waals surface area contributed by atoms with E-state index in [1.807, 2.05) is 13.8 Å². The van der Waals surface area contributed by atoms with Gasteiger partial charge in [-0.1, -0.05) is 38.6 Å². The highest BCUT2D eigenvalue weighted by Gasteiger charge is 2.14. The zero-order valence-electron chi connectivity index (χ0n) is 10.2. The van der Waals surface area contributed by atoms with E-state index in [1.165, 1.54) is 12.1 Å². The van der Waals surface area contributed by atoms with E-state index in [2.05, 4.69) is 6.58 Å². The molecule has 1 rings (SSSR count). The fraction of sp³-hybridized carbons (Fsp3) is 0.385. The molecule has 0 aliphatic carbocycles. The summed E-state index contributed by atoms with van der Waals surface area (Å²) in [5, 5.41) is 0. The lowest BCUT2D eigenvalue weighted by molar-refractivity contribution is 0.292. The summed E-state index contributed by atoms with van der Waals surface area (Å²) >= 11 is 0. The average molecular weight is 254 g/mol. The first-order chi connectivity index (χ1) is 7.95. The SMILES string of the molecule is C=Cc1ccc(S(=O)(=O)OCCC(C)C)cc1. The van der Waals surface area contributed by atoms with Gasteiger partial charge in [-0.3, -0.25) is 4.18 Å². The molecule has 0 fully saturated rings. The Morgan fingerprint density at radius 1 is 1.29 bits per heavy atom. The van der Waals surface area contributed by atoms with Gasteiger partial charge in [-0.2, -0.15) is 8.42 Å². The maximum atomic E-state index is 11.8. The molecule has 4 heteroatoms. The van der Waals surface area contributed by atoms with Crippen molar-refractivity contribution in [3.63, 3.8) is 0 Å². The largest absolute Gasteiger partial charge is 0.296 e. The molecule has 17 heavy (non-hydrogen) atoms. The summed E-state index contributed by atoms with van der Waals surface area (Å²) in [7, 11) is -3.62. The second-order valence-electron chi connectivity index (χ2n) is 4.23. The van der Waals surface area contributed by atoms with E-state index in [9.17, 15) is 8.42 Å². The Hall–Kier alpha value is -1.13. The number of rotatable bonds is 6. The van der Waals surface area contributed by atoms with Gasteiger partial charge in [-0.15, -0.1) is 0 Å². The third-order valence-corrected chi connectivity index (χ3v) is 3.66. The van der Waals surface area contributed by atoms with Gasteiger partial charge >= 0.3 is 0 Å². The number of benzene rings is 1. The zero-order chi connectivity index (χ0) is 12.9. The van der Waals surface area contributed by atoms with Gasteiger partial charge in [0.05, 0.1) is 11.5 Å². The van der Waals surface area contributed by atoms with E-state index >= 15 is 0 Å². The average Bonchev–Trinajstić information content (AvgIpc) is 2.28. The Morgan fingerprint density at radius 2 is 1.88 bits per heavy atom. The van der Waals surface area contributed by atoms with Crippen LogP contribution in [0.2, 0.25) is 0 Å². The van der Waals surface area contributed by atoms with Crippen molar-refractivity contribution in [1.29, 1.82) is 0 Å². The second-order valence-corrected chi connectivity index (χ2v) is 5.85. The third-order valence-electron chi connectivity index (χ3n) is 2.34. The first-order valence-corrected chi connectivity index (χ1v) is 6.98. The van der Waals surface area contributed by atoms with Crippen molar-refractivity contribution in [3.05, 3.63) is 36.4 Å². The molecule has 0 heterocycles. The van der Waals surface area contributed by atoms with Gasteiger partial charge in [-0.25, -0.2) is 0 Å². The maximum absolute atomic E-state index is 11.8. The monoisotopic (exact) mass is 254 g/mol. The van der Waals surface area contributed by atoms with Gasteiger partial charge in [0.25, 0.3) is 10.1 Å². The molecule has 0 aliphatic rings.